The molecule has 0 N–H and O–H groups in total. The van der Waals surface area contributed by atoms with Gasteiger partial charge in [0.1, 0.15) is 11.4 Å². The van der Waals surface area contributed by atoms with Gasteiger partial charge in [-0.15, -0.1) is 0 Å². The van der Waals surface area contributed by atoms with E-state index in [4.69, 9.17) is 9.73 Å². The zero-order chi connectivity index (χ0) is 28.5. The maximum absolute atomic E-state index is 5.97. The summed E-state index contributed by atoms with van der Waals surface area (Å²) in [5.41, 5.74) is 6.52. The second-order valence-electron chi connectivity index (χ2n) is 9.52. The number of ether oxygens (including phenoxy) is 1. The van der Waals surface area contributed by atoms with Crippen molar-refractivity contribution in [2.75, 3.05) is 0 Å². The van der Waals surface area contributed by atoms with Crippen molar-refractivity contribution in [3.63, 3.8) is 0 Å². The van der Waals surface area contributed by atoms with Crippen LogP contribution in [-0.2, 0) is 13.0 Å². The Morgan fingerprint density at radius 1 is 0.634 bits per heavy atom. The van der Waals surface area contributed by atoms with Gasteiger partial charge in [-0.05, 0) is 73.7 Å². The third kappa shape index (κ3) is 10.2. The second-order valence-corrected chi connectivity index (χ2v) is 9.52. The lowest BCUT2D eigenvalue weighted by molar-refractivity contribution is 0.484. The molecule has 0 saturated carbocycles. The zero-order valence-electron chi connectivity index (χ0n) is 23.7. The lowest BCUT2D eigenvalue weighted by Crippen LogP contribution is -1.95. The van der Waals surface area contributed by atoms with E-state index in [9.17, 15) is 0 Å². The molecule has 0 aliphatic carbocycles. The Morgan fingerprint density at radius 3 is 1.88 bits per heavy atom. The van der Waals surface area contributed by atoms with E-state index in [-0.39, 0.29) is 0 Å². The van der Waals surface area contributed by atoms with Gasteiger partial charge in [-0.1, -0.05) is 109 Å². The average molecular weight is 538 g/mol. The minimum Gasteiger partial charge on any atom is -0.455 e. The topological polar surface area (TPSA) is 46.3 Å². The molecule has 5 aromatic carbocycles. The van der Waals surface area contributed by atoms with E-state index in [0.29, 0.717) is 6.54 Å². The van der Waals surface area contributed by atoms with Crippen molar-refractivity contribution in [2.24, 2.45) is 15.0 Å². The number of aryl methyl sites for hydroxylation is 2. The van der Waals surface area contributed by atoms with Crippen molar-refractivity contribution >= 4 is 23.1 Å². The first-order chi connectivity index (χ1) is 20.2. The summed E-state index contributed by atoms with van der Waals surface area (Å²) in [7, 11) is 0. The number of benzene rings is 5. The monoisotopic (exact) mass is 537 g/mol. The van der Waals surface area contributed by atoms with Gasteiger partial charge in [0.05, 0.1) is 18.2 Å². The Hall–Kier alpha value is -5.05. The van der Waals surface area contributed by atoms with Crippen LogP contribution in [0.2, 0.25) is 0 Å². The molecule has 4 nitrogen and oxygen atoms in total. The predicted molar refractivity (Wildman–Crippen MR) is 171 cm³/mol. The lowest BCUT2D eigenvalue weighted by atomic mass is 10.1. The molecule has 41 heavy (non-hydrogen) atoms. The third-order valence-corrected chi connectivity index (χ3v) is 6.23. The fourth-order valence-electron chi connectivity index (χ4n) is 3.97. The van der Waals surface area contributed by atoms with E-state index >= 15 is 0 Å². The van der Waals surface area contributed by atoms with Crippen LogP contribution in [-0.4, -0.2) is 11.7 Å². The molecule has 0 unspecified atom stereocenters. The van der Waals surface area contributed by atoms with Gasteiger partial charge in [-0.2, -0.15) is 4.99 Å². The molecule has 0 bridgehead atoms. The van der Waals surface area contributed by atoms with E-state index in [1.165, 1.54) is 11.1 Å². The van der Waals surface area contributed by atoms with Crippen molar-refractivity contribution in [3.8, 4) is 11.5 Å². The van der Waals surface area contributed by atoms with Crippen LogP contribution < -0.4 is 4.74 Å². The van der Waals surface area contributed by atoms with E-state index in [0.717, 1.165) is 47.0 Å². The van der Waals surface area contributed by atoms with Crippen LogP contribution in [0.25, 0.3) is 0 Å². The van der Waals surface area contributed by atoms with Gasteiger partial charge in [0, 0.05) is 5.71 Å². The van der Waals surface area contributed by atoms with Crippen molar-refractivity contribution in [1.29, 1.82) is 0 Å². The third-order valence-electron chi connectivity index (χ3n) is 6.23. The number of hydrogen-bond acceptors (Lipinski definition) is 4. The molecule has 0 saturated heterocycles. The van der Waals surface area contributed by atoms with E-state index in [2.05, 4.69) is 47.2 Å². The van der Waals surface area contributed by atoms with Crippen LogP contribution >= 0.6 is 0 Å². The standard InChI is InChI=1S/C22H21NO.C15H14N2/c1-18(16-17-19-10-4-2-5-11-19)23-21-14-8-9-15-22(21)24-20-12-6-3-7-13-20;1-13-7-5-6-10-15(13)17-12-16-11-14-8-3-2-4-9-14/h2-15H,16-17H2,1H3;2-10H,11H2,1H3. The summed E-state index contributed by atoms with van der Waals surface area (Å²) < 4.78 is 5.97. The van der Waals surface area contributed by atoms with Crippen LogP contribution in [0.1, 0.15) is 30.0 Å². The summed E-state index contributed by atoms with van der Waals surface area (Å²) in [4.78, 5) is 13.1. The average Bonchev–Trinajstić information content (AvgIpc) is 3.02. The van der Waals surface area contributed by atoms with E-state index in [1.807, 2.05) is 122 Å². The zero-order valence-corrected chi connectivity index (χ0v) is 23.7. The highest BCUT2D eigenvalue weighted by Gasteiger charge is 2.04. The van der Waals surface area contributed by atoms with Gasteiger partial charge in [0.25, 0.3) is 0 Å². The predicted octanol–water partition coefficient (Wildman–Crippen LogP) is 10.2. The molecule has 0 heterocycles. The first-order valence-electron chi connectivity index (χ1n) is 13.8. The van der Waals surface area contributed by atoms with Crippen LogP contribution in [0.3, 0.4) is 0 Å². The Kier molecular flexibility index (Phi) is 11.4. The normalized spacial score (nSPS) is 10.5. The summed E-state index contributed by atoms with van der Waals surface area (Å²) in [6, 6.07) is 49.0. The van der Waals surface area contributed by atoms with Crippen molar-refractivity contribution < 1.29 is 4.74 Å². The highest BCUT2D eigenvalue weighted by atomic mass is 16.5. The van der Waals surface area contributed by atoms with Gasteiger partial charge < -0.3 is 4.74 Å². The van der Waals surface area contributed by atoms with E-state index in [1.54, 1.807) is 0 Å². The van der Waals surface area contributed by atoms with Crippen molar-refractivity contribution in [3.05, 3.63) is 156 Å². The molecule has 0 fully saturated rings. The van der Waals surface area contributed by atoms with Gasteiger partial charge in [-0.3, -0.25) is 4.99 Å². The number of nitrogens with zero attached hydrogens (tertiary/aromatic N) is 3. The van der Waals surface area contributed by atoms with Crippen LogP contribution in [0.4, 0.5) is 11.4 Å². The van der Waals surface area contributed by atoms with Gasteiger partial charge >= 0.3 is 0 Å². The highest BCUT2D eigenvalue weighted by molar-refractivity contribution is 5.85. The Labute approximate surface area is 243 Å². The van der Waals surface area contributed by atoms with Crippen molar-refractivity contribution in [1.82, 2.24) is 0 Å². The number of para-hydroxylation sites is 4. The van der Waals surface area contributed by atoms with E-state index < -0.39 is 0 Å². The van der Waals surface area contributed by atoms with Crippen LogP contribution in [0.5, 0.6) is 11.5 Å². The summed E-state index contributed by atoms with van der Waals surface area (Å²) in [5, 5.41) is 0. The molecular formula is C37H35N3O. The maximum Gasteiger partial charge on any atom is 0.153 e. The number of aliphatic imine (C=N–C) groups is 3. The van der Waals surface area contributed by atoms with Crippen molar-refractivity contribution in [2.45, 2.75) is 33.2 Å². The minimum atomic E-state index is 0.621. The maximum atomic E-state index is 5.97. The Morgan fingerprint density at radius 2 is 1.20 bits per heavy atom. The summed E-state index contributed by atoms with van der Waals surface area (Å²) >= 11 is 0. The van der Waals surface area contributed by atoms with Crippen LogP contribution in [0, 0.1) is 6.92 Å². The fraction of sp³-hybridized carbons (Fsp3) is 0.135. The van der Waals surface area contributed by atoms with Gasteiger partial charge in [-0.25, -0.2) is 4.99 Å². The molecule has 5 aromatic rings. The molecule has 0 radical (unpaired) electrons. The molecule has 0 atom stereocenters. The number of hydrogen-bond donors (Lipinski definition) is 0. The molecule has 0 aliphatic heterocycles. The molecule has 204 valence electrons. The van der Waals surface area contributed by atoms with Gasteiger partial charge in [0.2, 0.25) is 0 Å². The summed E-state index contributed by atoms with van der Waals surface area (Å²) in [6.45, 7) is 4.72. The quantitative estimate of drug-likeness (QED) is 0.173. The number of rotatable bonds is 9. The Bertz CT molecular complexity index is 1570. The first kappa shape index (κ1) is 28.9. The van der Waals surface area contributed by atoms with Gasteiger partial charge in [0.15, 0.2) is 5.75 Å². The Balaban J connectivity index is 0.000000201. The largest absolute Gasteiger partial charge is 0.455 e. The molecule has 5 rings (SSSR count). The molecule has 0 aromatic heterocycles. The van der Waals surface area contributed by atoms with Crippen LogP contribution in [0.15, 0.2) is 155 Å². The fourth-order valence-corrected chi connectivity index (χ4v) is 3.97. The first-order valence-corrected chi connectivity index (χ1v) is 13.8. The molecule has 0 aliphatic rings. The summed E-state index contributed by atoms with van der Waals surface area (Å²) in [5.74, 6) is 1.60. The highest BCUT2D eigenvalue weighted by Crippen LogP contribution is 2.31. The minimum absolute atomic E-state index is 0.621. The smallest absolute Gasteiger partial charge is 0.153 e. The molecule has 0 spiro atoms. The molecule has 0 amide bonds. The summed E-state index contributed by atoms with van der Waals surface area (Å²) in [6.07, 6.45) is 1.93. The molecule has 4 heteroatoms. The second kappa shape index (κ2) is 16.1. The SMILES string of the molecule is CC(CCc1ccccc1)=Nc1ccccc1Oc1ccccc1.Cc1ccccc1N=C=NCc1ccccc1. The lowest BCUT2D eigenvalue weighted by Gasteiger charge is -2.09. The molecular weight excluding hydrogens is 502 g/mol.